The van der Waals surface area contributed by atoms with Crippen molar-refractivity contribution < 1.29 is 14.3 Å². The van der Waals surface area contributed by atoms with E-state index < -0.39 is 0 Å². The summed E-state index contributed by atoms with van der Waals surface area (Å²) in [6.07, 6.45) is 5.28. The molecule has 0 radical (unpaired) electrons. The summed E-state index contributed by atoms with van der Waals surface area (Å²) in [4.78, 5) is 18.9. The van der Waals surface area contributed by atoms with Gasteiger partial charge in [0.15, 0.2) is 5.78 Å². The molecular weight excluding hydrogens is 318 g/mol. The number of likely N-dealkylation sites (tertiary alicyclic amines) is 1. The van der Waals surface area contributed by atoms with Gasteiger partial charge >= 0.3 is 0 Å². The van der Waals surface area contributed by atoms with Gasteiger partial charge in [-0.15, -0.1) is 0 Å². The number of carbonyl (C=O) groups is 1. The van der Waals surface area contributed by atoms with E-state index in [1.54, 1.807) is 6.21 Å². The smallest absolute Gasteiger partial charge is 0.168 e. The Kier molecular flexibility index (Phi) is 10.6. The maximum Gasteiger partial charge on any atom is 0.168 e. The number of nitrogens with zero attached hydrogens (tertiary/aromatic N) is 2. The maximum atomic E-state index is 12.0. The van der Waals surface area contributed by atoms with E-state index in [1.807, 2.05) is 27.7 Å². The Morgan fingerprint density at radius 3 is 2.44 bits per heavy atom. The minimum absolute atomic E-state index is 0.0438. The van der Waals surface area contributed by atoms with Gasteiger partial charge in [-0.2, -0.15) is 0 Å². The molecule has 6 heteroatoms. The molecule has 1 rings (SSSR count). The summed E-state index contributed by atoms with van der Waals surface area (Å²) in [5.74, 6) is -0.0173. The number of Topliss-reactive ketones (excluding diaryl/α,β-unsaturated/α-hetero) is 1. The molecule has 25 heavy (non-hydrogen) atoms. The SMILES string of the molecule is CC(C)OCCOCCN1CCC(N=C/C(=C\N)C(=O)C(C)C)CC1. The van der Waals surface area contributed by atoms with Crippen LogP contribution in [0.15, 0.2) is 16.8 Å². The Morgan fingerprint density at radius 2 is 1.88 bits per heavy atom. The van der Waals surface area contributed by atoms with Crippen LogP contribution in [-0.4, -0.2) is 68.5 Å². The molecule has 0 aromatic rings. The molecule has 0 atom stereocenters. The van der Waals surface area contributed by atoms with Crippen molar-refractivity contribution in [3.05, 3.63) is 11.8 Å². The highest BCUT2D eigenvalue weighted by molar-refractivity contribution is 6.13. The number of carbonyl (C=O) groups excluding carboxylic acids is 1. The van der Waals surface area contributed by atoms with E-state index in [2.05, 4.69) is 9.89 Å². The molecule has 1 aliphatic rings. The number of piperidine rings is 1. The van der Waals surface area contributed by atoms with Crippen LogP contribution in [0.5, 0.6) is 0 Å². The third kappa shape index (κ3) is 9.14. The van der Waals surface area contributed by atoms with Crippen molar-refractivity contribution in [2.75, 3.05) is 39.5 Å². The van der Waals surface area contributed by atoms with Gasteiger partial charge in [-0.05, 0) is 26.7 Å². The zero-order chi connectivity index (χ0) is 18.7. The van der Waals surface area contributed by atoms with Gasteiger partial charge in [0.2, 0.25) is 0 Å². The first-order valence-electron chi connectivity index (χ1n) is 9.35. The summed E-state index contributed by atoms with van der Waals surface area (Å²) in [6, 6.07) is 0.270. The van der Waals surface area contributed by atoms with Gasteiger partial charge in [0, 0.05) is 38.0 Å². The monoisotopic (exact) mass is 353 g/mol. The first kappa shape index (κ1) is 21.8. The standard InChI is InChI=1S/C19H35N3O3/c1-15(2)19(23)17(13-20)14-21-18-5-7-22(8-6-18)9-10-24-11-12-25-16(3)4/h13-16,18H,5-12,20H2,1-4H3/b17-13+,21-14?. The molecule has 0 amide bonds. The molecule has 6 nitrogen and oxygen atoms in total. The minimum Gasteiger partial charge on any atom is -0.404 e. The van der Waals surface area contributed by atoms with Crippen molar-refractivity contribution in [1.82, 2.24) is 4.90 Å². The molecule has 0 aromatic heterocycles. The van der Waals surface area contributed by atoms with E-state index in [-0.39, 0.29) is 23.8 Å². The fraction of sp³-hybridized carbons (Fsp3) is 0.789. The first-order valence-corrected chi connectivity index (χ1v) is 9.35. The van der Waals surface area contributed by atoms with E-state index in [1.165, 1.54) is 6.20 Å². The summed E-state index contributed by atoms with van der Waals surface area (Å²) in [5, 5.41) is 0. The highest BCUT2D eigenvalue weighted by Gasteiger charge is 2.18. The van der Waals surface area contributed by atoms with E-state index in [9.17, 15) is 4.79 Å². The third-order valence-electron chi connectivity index (χ3n) is 4.20. The molecule has 0 saturated carbocycles. The van der Waals surface area contributed by atoms with Gasteiger partial charge in [-0.25, -0.2) is 0 Å². The minimum atomic E-state index is -0.0611. The third-order valence-corrected chi connectivity index (χ3v) is 4.20. The average Bonchev–Trinajstić information content (AvgIpc) is 2.59. The molecule has 0 bridgehead atoms. The van der Waals surface area contributed by atoms with E-state index >= 15 is 0 Å². The van der Waals surface area contributed by atoms with E-state index in [4.69, 9.17) is 15.2 Å². The predicted molar refractivity (Wildman–Crippen MR) is 102 cm³/mol. The fourth-order valence-corrected chi connectivity index (χ4v) is 2.64. The van der Waals surface area contributed by atoms with Crippen molar-refractivity contribution in [1.29, 1.82) is 0 Å². The van der Waals surface area contributed by atoms with Crippen LogP contribution in [-0.2, 0) is 14.3 Å². The number of ketones is 1. The van der Waals surface area contributed by atoms with Crippen LogP contribution >= 0.6 is 0 Å². The Bertz CT molecular complexity index is 439. The van der Waals surface area contributed by atoms with Crippen molar-refractivity contribution >= 4 is 12.0 Å². The van der Waals surface area contributed by atoms with Crippen LogP contribution in [0.1, 0.15) is 40.5 Å². The number of allylic oxidation sites excluding steroid dienone is 1. The highest BCUT2D eigenvalue weighted by Crippen LogP contribution is 2.14. The molecule has 0 aromatic carbocycles. The topological polar surface area (TPSA) is 77.2 Å². The highest BCUT2D eigenvalue weighted by atomic mass is 16.5. The lowest BCUT2D eigenvalue weighted by molar-refractivity contribution is -0.117. The van der Waals surface area contributed by atoms with Gasteiger partial charge in [0.1, 0.15) is 0 Å². The normalized spacial score (nSPS) is 17.9. The number of hydrogen-bond donors (Lipinski definition) is 1. The molecule has 1 saturated heterocycles. The Morgan fingerprint density at radius 1 is 1.20 bits per heavy atom. The number of ether oxygens (including phenoxy) is 2. The molecule has 1 heterocycles. The second-order valence-corrected chi connectivity index (χ2v) is 7.02. The predicted octanol–water partition coefficient (Wildman–Crippen LogP) is 2.03. The van der Waals surface area contributed by atoms with E-state index in [0.29, 0.717) is 18.8 Å². The summed E-state index contributed by atoms with van der Waals surface area (Å²) >= 11 is 0. The summed E-state index contributed by atoms with van der Waals surface area (Å²) in [6.45, 7) is 12.8. The fourth-order valence-electron chi connectivity index (χ4n) is 2.64. The van der Waals surface area contributed by atoms with Gasteiger partial charge in [-0.3, -0.25) is 9.79 Å². The molecule has 0 unspecified atom stereocenters. The second-order valence-electron chi connectivity index (χ2n) is 7.02. The lowest BCUT2D eigenvalue weighted by Gasteiger charge is -2.30. The zero-order valence-corrected chi connectivity index (χ0v) is 16.2. The Balaban J connectivity index is 2.21. The van der Waals surface area contributed by atoms with Gasteiger partial charge in [0.25, 0.3) is 0 Å². The van der Waals surface area contributed by atoms with Crippen molar-refractivity contribution in [3.8, 4) is 0 Å². The average molecular weight is 354 g/mol. The second kappa shape index (κ2) is 12.2. The number of aliphatic imine (C=N–C) groups is 1. The van der Waals surface area contributed by atoms with Crippen molar-refractivity contribution in [3.63, 3.8) is 0 Å². The zero-order valence-electron chi connectivity index (χ0n) is 16.2. The largest absolute Gasteiger partial charge is 0.404 e. The molecule has 1 aliphatic heterocycles. The number of rotatable bonds is 11. The molecule has 144 valence electrons. The van der Waals surface area contributed by atoms with Crippen LogP contribution in [0.25, 0.3) is 0 Å². The van der Waals surface area contributed by atoms with Crippen LogP contribution < -0.4 is 5.73 Å². The Labute approximate surface area is 152 Å². The molecular formula is C19H35N3O3. The molecule has 2 N–H and O–H groups in total. The summed E-state index contributed by atoms with van der Waals surface area (Å²) in [5.41, 5.74) is 6.06. The summed E-state index contributed by atoms with van der Waals surface area (Å²) in [7, 11) is 0. The summed E-state index contributed by atoms with van der Waals surface area (Å²) < 4.78 is 11.0. The van der Waals surface area contributed by atoms with Crippen molar-refractivity contribution in [2.45, 2.75) is 52.7 Å². The van der Waals surface area contributed by atoms with E-state index in [0.717, 1.165) is 39.1 Å². The number of nitrogens with two attached hydrogens (primary N) is 1. The van der Waals surface area contributed by atoms with Gasteiger partial charge < -0.3 is 20.1 Å². The molecule has 1 fully saturated rings. The molecule has 0 aliphatic carbocycles. The van der Waals surface area contributed by atoms with Crippen LogP contribution in [0.3, 0.4) is 0 Å². The Hall–Kier alpha value is -1.24. The quantitative estimate of drug-likeness (QED) is 0.349. The molecule has 0 spiro atoms. The van der Waals surface area contributed by atoms with Crippen molar-refractivity contribution in [2.24, 2.45) is 16.6 Å². The lowest BCUT2D eigenvalue weighted by atomic mass is 10.0. The van der Waals surface area contributed by atoms with Crippen LogP contribution in [0.2, 0.25) is 0 Å². The lowest BCUT2D eigenvalue weighted by Crippen LogP contribution is -2.37. The van der Waals surface area contributed by atoms with Crippen LogP contribution in [0, 0.1) is 5.92 Å². The maximum absolute atomic E-state index is 12.0. The van der Waals surface area contributed by atoms with Gasteiger partial charge in [-0.1, -0.05) is 13.8 Å². The van der Waals surface area contributed by atoms with Crippen LogP contribution in [0.4, 0.5) is 0 Å². The van der Waals surface area contributed by atoms with Gasteiger partial charge in [0.05, 0.1) is 37.5 Å². The first-order chi connectivity index (χ1) is 11.9. The number of hydrogen-bond acceptors (Lipinski definition) is 6.